The van der Waals surface area contributed by atoms with Crippen molar-refractivity contribution >= 4 is 11.6 Å². The van der Waals surface area contributed by atoms with E-state index in [2.05, 4.69) is 29.3 Å². The summed E-state index contributed by atoms with van der Waals surface area (Å²) in [5, 5.41) is 4.04. The number of benzene rings is 2. The second-order valence-electron chi connectivity index (χ2n) is 7.02. The summed E-state index contributed by atoms with van der Waals surface area (Å²) >= 11 is 6.49. The second kappa shape index (κ2) is 10.7. The first kappa shape index (κ1) is 20.9. The molecule has 1 aliphatic heterocycles. The molecule has 1 aliphatic rings. The van der Waals surface area contributed by atoms with E-state index in [4.69, 9.17) is 25.8 Å². The Morgan fingerprint density at radius 1 is 1.14 bits per heavy atom. The average Bonchev–Trinajstić information content (AvgIpc) is 2.71. The number of hydrogen-bond acceptors (Lipinski definition) is 5. The fourth-order valence-electron chi connectivity index (χ4n) is 3.27. The topological polar surface area (TPSA) is 43.0 Å². The summed E-state index contributed by atoms with van der Waals surface area (Å²) in [5.74, 6) is 1.24. The molecule has 28 heavy (non-hydrogen) atoms. The maximum Gasteiger partial charge on any atom is 0.180 e. The molecule has 152 valence electrons. The standard InChI is InChI=1S/C22H29ClN2O3/c1-17-4-3-5-18(12-17)16-28-22-20(23)13-19(14-21(22)26-2)15-24-6-7-25-8-10-27-11-9-25/h3-5,12-14,24H,6-11,15-16H2,1-2H3. The highest BCUT2D eigenvalue weighted by molar-refractivity contribution is 6.32. The number of hydrogen-bond donors (Lipinski definition) is 1. The molecule has 1 heterocycles. The predicted molar refractivity (Wildman–Crippen MR) is 112 cm³/mol. The van der Waals surface area contributed by atoms with Crippen LogP contribution in [-0.4, -0.2) is 51.4 Å². The Hall–Kier alpha value is -1.79. The van der Waals surface area contributed by atoms with Gasteiger partial charge in [0.05, 0.1) is 25.3 Å². The van der Waals surface area contributed by atoms with Gasteiger partial charge in [-0.3, -0.25) is 4.90 Å². The van der Waals surface area contributed by atoms with Gasteiger partial charge in [-0.2, -0.15) is 0 Å². The molecule has 0 aliphatic carbocycles. The minimum atomic E-state index is 0.453. The minimum Gasteiger partial charge on any atom is -0.493 e. The predicted octanol–water partition coefficient (Wildman–Crippen LogP) is 3.66. The van der Waals surface area contributed by atoms with Crippen LogP contribution in [0.5, 0.6) is 11.5 Å². The van der Waals surface area contributed by atoms with Crippen molar-refractivity contribution in [1.29, 1.82) is 0 Å². The third-order valence-electron chi connectivity index (χ3n) is 4.79. The molecule has 0 unspecified atom stereocenters. The number of halogens is 1. The third kappa shape index (κ3) is 6.11. The van der Waals surface area contributed by atoms with E-state index in [0.29, 0.717) is 23.1 Å². The highest BCUT2D eigenvalue weighted by atomic mass is 35.5. The fraction of sp³-hybridized carbons (Fsp3) is 0.455. The summed E-state index contributed by atoms with van der Waals surface area (Å²) in [7, 11) is 1.64. The van der Waals surface area contributed by atoms with Crippen molar-refractivity contribution in [3.63, 3.8) is 0 Å². The Kier molecular flexibility index (Phi) is 7.98. The molecule has 0 amide bonds. The lowest BCUT2D eigenvalue weighted by atomic mass is 10.1. The van der Waals surface area contributed by atoms with Gasteiger partial charge in [0.15, 0.2) is 11.5 Å². The lowest BCUT2D eigenvalue weighted by Gasteiger charge is -2.26. The van der Waals surface area contributed by atoms with Gasteiger partial charge in [-0.15, -0.1) is 0 Å². The van der Waals surface area contributed by atoms with Crippen LogP contribution in [-0.2, 0) is 17.9 Å². The minimum absolute atomic E-state index is 0.453. The smallest absolute Gasteiger partial charge is 0.180 e. The zero-order chi connectivity index (χ0) is 19.8. The van der Waals surface area contributed by atoms with Crippen molar-refractivity contribution in [2.24, 2.45) is 0 Å². The molecular weight excluding hydrogens is 376 g/mol. The van der Waals surface area contributed by atoms with Gasteiger partial charge in [0.25, 0.3) is 0 Å². The number of nitrogens with one attached hydrogen (secondary N) is 1. The summed E-state index contributed by atoms with van der Waals surface area (Å²) in [5.41, 5.74) is 3.39. The maximum absolute atomic E-state index is 6.49. The van der Waals surface area contributed by atoms with E-state index in [1.54, 1.807) is 7.11 Å². The maximum atomic E-state index is 6.49. The number of aryl methyl sites for hydroxylation is 1. The molecule has 3 rings (SSSR count). The van der Waals surface area contributed by atoms with Crippen molar-refractivity contribution < 1.29 is 14.2 Å². The van der Waals surface area contributed by atoms with E-state index in [1.165, 1.54) is 5.56 Å². The van der Waals surface area contributed by atoms with Crippen LogP contribution in [0.25, 0.3) is 0 Å². The fourth-order valence-corrected chi connectivity index (χ4v) is 3.56. The largest absolute Gasteiger partial charge is 0.493 e. The number of methoxy groups -OCH3 is 1. The van der Waals surface area contributed by atoms with Crippen LogP contribution in [0.3, 0.4) is 0 Å². The summed E-state index contributed by atoms with van der Waals surface area (Å²) in [6, 6.07) is 12.2. The van der Waals surface area contributed by atoms with Gasteiger partial charge in [0.1, 0.15) is 6.61 Å². The molecule has 5 nitrogen and oxygen atoms in total. The van der Waals surface area contributed by atoms with E-state index in [1.807, 2.05) is 24.3 Å². The van der Waals surface area contributed by atoms with E-state index in [9.17, 15) is 0 Å². The van der Waals surface area contributed by atoms with Gasteiger partial charge in [-0.1, -0.05) is 41.4 Å². The van der Waals surface area contributed by atoms with Crippen LogP contribution in [0.2, 0.25) is 5.02 Å². The van der Waals surface area contributed by atoms with Crippen molar-refractivity contribution in [3.05, 3.63) is 58.1 Å². The van der Waals surface area contributed by atoms with Crippen LogP contribution >= 0.6 is 11.6 Å². The Labute approximate surface area is 172 Å². The van der Waals surface area contributed by atoms with Crippen LogP contribution in [0.15, 0.2) is 36.4 Å². The van der Waals surface area contributed by atoms with E-state index in [0.717, 1.165) is 57.1 Å². The van der Waals surface area contributed by atoms with Crippen LogP contribution in [0.4, 0.5) is 0 Å². The van der Waals surface area contributed by atoms with Crippen molar-refractivity contribution in [2.45, 2.75) is 20.1 Å². The zero-order valence-electron chi connectivity index (χ0n) is 16.7. The third-order valence-corrected chi connectivity index (χ3v) is 5.07. The highest BCUT2D eigenvalue weighted by Gasteiger charge is 2.13. The Morgan fingerprint density at radius 2 is 1.96 bits per heavy atom. The molecule has 1 saturated heterocycles. The lowest BCUT2D eigenvalue weighted by molar-refractivity contribution is 0.0384. The molecule has 2 aromatic rings. The first-order valence-electron chi connectivity index (χ1n) is 9.71. The molecule has 0 saturated carbocycles. The lowest BCUT2D eigenvalue weighted by Crippen LogP contribution is -2.40. The van der Waals surface area contributed by atoms with Crippen molar-refractivity contribution in [2.75, 3.05) is 46.5 Å². The Balaban J connectivity index is 1.54. The quantitative estimate of drug-likeness (QED) is 0.646. The SMILES string of the molecule is COc1cc(CNCCN2CCOCC2)cc(Cl)c1OCc1cccc(C)c1. The molecule has 1 fully saturated rings. The summed E-state index contributed by atoms with van der Waals surface area (Å²) < 4.78 is 16.9. The molecule has 0 radical (unpaired) electrons. The van der Waals surface area contributed by atoms with E-state index < -0.39 is 0 Å². The monoisotopic (exact) mass is 404 g/mol. The van der Waals surface area contributed by atoms with Crippen LogP contribution in [0.1, 0.15) is 16.7 Å². The van der Waals surface area contributed by atoms with E-state index >= 15 is 0 Å². The molecular formula is C22H29ClN2O3. The number of rotatable bonds is 9. The summed E-state index contributed by atoms with van der Waals surface area (Å²) in [6.07, 6.45) is 0. The first-order valence-corrected chi connectivity index (χ1v) is 10.1. The van der Waals surface area contributed by atoms with Gasteiger partial charge in [-0.05, 0) is 30.2 Å². The molecule has 0 aromatic heterocycles. The molecule has 0 spiro atoms. The molecule has 6 heteroatoms. The van der Waals surface area contributed by atoms with Gasteiger partial charge >= 0.3 is 0 Å². The highest BCUT2D eigenvalue weighted by Crippen LogP contribution is 2.37. The Bertz CT molecular complexity index is 763. The van der Waals surface area contributed by atoms with Crippen LogP contribution < -0.4 is 14.8 Å². The molecule has 0 bridgehead atoms. The number of nitrogens with zero attached hydrogens (tertiary/aromatic N) is 1. The van der Waals surface area contributed by atoms with E-state index in [-0.39, 0.29) is 0 Å². The number of ether oxygens (including phenoxy) is 3. The molecule has 1 N–H and O–H groups in total. The first-order chi connectivity index (χ1) is 13.7. The van der Waals surface area contributed by atoms with Gasteiger partial charge in [0.2, 0.25) is 0 Å². The normalized spacial score (nSPS) is 14.8. The Morgan fingerprint density at radius 3 is 2.71 bits per heavy atom. The average molecular weight is 405 g/mol. The molecule has 0 atom stereocenters. The number of morpholine rings is 1. The zero-order valence-corrected chi connectivity index (χ0v) is 17.4. The summed E-state index contributed by atoms with van der Waals surface area (Å²) in [4.78, 5) is 2.41. The van der Waals surface area contributed by atoms with Crippen LogP contribution in [0, 0.1) is 6.92 Å². The van der Waals surface area contributed by atoms with Crippen molar-refractivity contribution in [3.8, 4) is 11.5 Å². The van der Waals surface area contributed by atoms with Gasteiger partial charge < -0.3 is 19.5 Å². The molecule has 2 aromatic carbocycles. The summed E-state index contributed by atoms with van der Waals surface area (Å²) in [6.45, 7) is 8.87. The van der Waals surface area contributed by atoms with Gasteiger partial charge in [-0.25, -0.2) is 0 Å². The van der Waals surface area contributed by atoms with Gasteiger partial charge in [0, 0.05) is 32.7 Å². The van der Waals surface area contributed by atoms with Crippen molar-refractivity contribution in [1.82, 2.24) is 10.2 Å². The second-order valence-corrected chi connectivity index (χ2v) is 7.42.